The molecule has 0 unspecified atom stereocenters. The Hall–Kier alpha value is -1.36. The summed E-state index contributed by atoms with van der Waals surface area (Å²) in [4.78, 5) is 23.5. The summed E-state index contributed by atoms with van der Waals surface area (Å²) in [5.41, 5.74) is 0. The minimum Gasteiger partial charge on any atom is -0.480 e. The number of amides is 1. The maximum atomic E-state index is 11.6. The molecule has 1 atom stereocenters. The smallest absolute Gasteiger partial charge is 0.326 e. The molecule has 0 bridgehead atoms. The van der Waals surface area contributed by atoms with E-state index < -0.39 is 12.0 Å². The lowest BCUT2D eigenvalue weighted by molar-refractivity contribution is -0.142. The van der Waals surface area contributed by atoms with E-state index in [0.717, 1.165) is 4.88 Å². The summed E-state index contributed by atoms with van der Waals surface area (Å²) in [6.45, 7) is 3.86. The molecular weight excluding hydrogens is 238 g/mol. The summed E-state index contributed by atoms with van der Waals surface area (Å²) in [6.07, 6.45) is 0.699. The zero-order chi connectivity index (χ0) is 12.8. The van der Waals surface area contributed by atoms with E-state index in [9.17, 15) is 9.59 Å². The van der Waals surface area contributed by atoms with Crippen molar-refractivity contribution in [3.8, 4) is 0 Å². The van der Waals surface area contributed by atoms with E-state index in [-0.39, 0.29) is 18.2 Å². The van der Waals surface area contributed by atoms with Crippen molar-refractivity contribution >= 4 is 23.2 Å². The Labute approximate surface area is 105 Å². The van der Waals surface area contributed by atoms with Gasteiger partial charge in [0.15, 0.2) is 0 Å². The molecule has 4 nitrogen and oxygen atoms in total. The minimum atomic E-state index is -0.974. The predicted octanol–water partition coefficient (Wildman–Crippen LogP) is 1.91. The Morgan fingerprint density at radius 1 is 1.47 bits per heavy atom. The molecule has 1 aromatic heterocycles. The van der Waals surface area contributed by atoms with Crippen molar-refractivity contribution in [1.82, 2.24) is 5.32 Å². The van der Waals surface area contributed by atoms with Crippen LogP contribution in [-0.2, 0) is 16.0 Å². The van der Waals surface area contributed by atoms with Crippen LogP contribution in [0, 0.1) is 5.92 Å². The first kappa shape index (κ1) is 13.7. The third-order valence-electron chi connectivity index (χ3n) is 2.26. The first-order chi connectivity index (χ1) is 7.99. The van der Waals surface area contributed by atoms with Gasteiger partial charge in [-0.05, 0) is 23.8 Å². The molecule has 0 fully saturated rings. The molecule has 0 aromatic carbocycles. The molecule has 1 amide bonds. The van der Waals surface area contributed by atoms with Crippen molar-refractivity contribution in [3.05, 3.63) is 22.4 Å². The van der Waals surface area contributed by atoms with E-state index in [2.05, 4.69) is 5.32 Å². The van der Waals surface area contributed by atoms with E-state index in [0.29, 0.717) is 6.42 Å². The third-order valence-corrected chi connectivity index (χ3v) is 3.13. The summed E-state index contributed by atoms with van der Waals surface area (Å²) in [6, 6.07) is 2.95. The van der Waals surface area contributed by atoms with Crippen molar-refractivity contribution in [2.75, 3.05) is 0 Å². The number of thiophene rings is 1. The van der Waals surface area contributed by atoms with Gasteiger partial charge in [-0.2, -0.15) is 0 Å². The highest BCUT2D eigenvalue weighted by atomic mass is 32.1. The quantitative estimate of drug-likeness (QED) is 0.816. The second kappa shape index (κ2) is 6.39. The number of carbonyl (C=O) groups excluding carboxylic acids is 1. The Balaban J connectivity index is 2.49. The van der Waals surface area contributed by atoms with Crippen molar-refractivity contribution in [2.45, 2.75) is 32.7 Å². The van der Waals surface area contributed by atoms with Crippen molar-refractivity contribution in [3.63, 3.8) is 0 Å². The number of carboxylic acids is 1. The topological polar surface area (TPSA) is 66.4 Å². The van der Waals surface area contributed by atoms with E-state index in [1.165, 1.54) is 11.3 Å². The standard InChI is InChI=1S/C12H17NO3S/c1-8(2)6-10(12(15)16)13-11(14)7-9-4-3-5-17-9/h3-5,8,10H,6-7H2,1-2H3,(H,13,14)(H,15,16)/t10-/m1/s1. The normalized spacial score (nSPS) is 12.4. The van der Waals surface area contributed by atoms with Crippen LogP contribution in [0.3, 0.4) is 0 Å². The fraction of sp³-hybridized carbons (Fsp3) is 0.500. The van der Waals surface area contributed by atoms with Gasteiger partial charge < -0.3 is 10.4 Å². The van der Waals surface area contributed by atoms with Gasteiger partial charge in [0.2, 0.25) is 5.91 Å². The monoisotopic (exact) mass is 255 g/mol. The van der Waals surface area contributed by atoms with E-state index in [1.54, 1.807) is 0 Å². The van der Waals surface area contributed by atoms with Crippen LogP contribution in [0.2, 0.25) is 0 Å². The highest BCUT2D eigenvalue weighted by Crippen LogP contribution is 2.10. The largest absolute Gasteiger partial charge is 0.480 e. The number of carbonyl (C=O) groups is 2. The molecule has 0 aliphatic rings. The van der Waals surface area contributed by atoms with Crippen LogP contribution >= 0.6 is 11.3 Å². The zero-order valence-corrected chi connectivity index (χ0v) is 10.8. The molecule has 0 radical (unpaired) electrons. The molecule has 1 rings (SSSR count). The number of nitrogens with one attached hydrogen (secondary N) is 1. The number of aliphatic carboxylic acids is 1. The molecule has 17 heavy (non-hydrogen) atoms. The summed E-state index contributed by atoms with van der Waals surface area (Å²) in [5.74, 6) is -0.975. The van der Waals surface area contributed by atoms with Crippen molar-refractivity contribution in [2.24, 2.45) is 5.92 Å². The number of carboxylic acid groups (broad SMARTS) is 1. The van der Waals surface area contributed by atoms with Gasteiger partial charge in [0.25, 0.3) is 0 Å². The molecule has 5 heteroatoms. The maximum absolute atomic E-state index is 11.6. The lowest BCUT2D eigenvalue weighted by atomic mass is 10.0. The first-order valence-corrected chi connectivity index (χ1v) is 6.41. The van der Waals surface area contributed by atoms with Crippen LogP contribution in [0.5, 0.6) is 0 Å². The average molecular weight is 255 g/mol. The van der Waals surface area contributed by atoms with Gasteiger partial charge in [-0.3, -0.25) is 4.79 Å². The second-order valence-corrected chi connectivity index (χ2v) is 5.38. The molecule has 0 saturated heterocycles. The summed E-state index contributed by atoms with van der Waals surface area (Å²) in [7, 11) is 0. The highest BCUT2D eigenvalue weighted by molar-refractivity contribution is 7.10. The first-order valence-electron chi connectivity index (χ1n) is 5.53. The fourth-order valence-electron chi connectivity index (χ4n) is 1.51. The molecule has 1 heterocycles. The van der Waals surface area contributed by atoms with Crippen LogP contribution in [0.25, 0.3) is 0 Å². The third kappa shape index (κ3) is 4.99. The minimum absolute atomic E-state index is 0.234. The number of hydrogen-bond acceptors (Lipinski definition) is 3. The summed E-state index contributed by atoms with van der Waals surface area (Å²) in [5, 5.41) is 13.4. The van der Waals surface area contributed by atoms with Crippen molar-refractivity contribution < 1.29 is 14.7 Å². The molecule has 0 saturated carbocycles. The van der Waals surface area contributed by atoms with Crippen LogP contribution in [0.15, 0.2) is 17.5 Å². The van der Waals surface area contributed by atoms with Gasteiger partial charge in [0, 0.05) is 4.88 Å². The molecule has 0 aliphatic carbocycles. The molecule has 0 spiro atoms. The van der Waals surface area contributed by atoms with Gasteiger partial charge in [-0.1, -0.05) is 19.9 Å². The van der Waals surface area contributed by atoms with E-state index in [4.69, 9.17) is 5.11 Å². The highest BCUT2D eigenvalue weighted by Gasteiger charge is 2.20. The molecular formula is C12H17NO3S. The van der Waals surface area contributed by atoms with Crippen LogP contribution in [-0.4, -0.2) is 23.0 Å². The molecule has 1 aromatic rings. The SMILES string of the molecule is CC(C)C[C@@H](NC(=O)Cc1cccs1)C(=O)O. The summed E-state index contributed by atoms with van der Waals surface area (Å²) < 4.78 is 0. The lowest BCUT2D eigenvalue weighted by Gasteiger charge is -2.16. The van der Waals surface area contributed by atoms with Crippen LogP contribution in [0.4, 0.5) is 0 Å². The van der Waals surface area contributed by atoms with E-state index >= 15 is 0 Å². The summed E-state index contributed by atoms with van der Waals surface area (Å²) >= 11 is 1.49. The van der Waals surface area contributed by atoms with Gasteiger partial charge in [-0.15, -0.1) is 11.3 Å². The van der Waals surface area contributed by atoms with Gasteiger partial charge in [-0.25, -0.2) is 4.79 Å². The Kier molecular flexibility index (Phi) is 5.15. The number of rotatable bonds is 6. The van der Waals surface area contributed by atoms with Gasteiger partial charge >= 0.3 is 5.97 Å². The zero-order valence-electron chi connectivity index (χ0n) is 9.97. The van der Waals surface area contributed by atoms with Crippen LogP contribution < -0.4 is 5.32 Å². The molecule has 0 aliphatic heterocycles. The second-order valence-electron chi connectivity index (χ2n) is 4.34. The van der Waals surface area contributed by atoms with Crippen LogP contribution in [0.1, 0.15) is 25.1 Å². The fourth-order valence-corrected chi connectivity index (χ4v) is 2.21. The van der Waals surface area contributed by atoms with Crippen molar-refractivity contribution in [1.29, 1.82) is 0 Å². The number of hydrogen-bond donors (Lipinski definition) is 2. The van der Waals surface area contributed by atoms with Gasteiger partial charge in [0.05, 0.1) is 6.42 Å². The molecule has 94 valence electrons. The Morgan fingerprint density at radius 2 is 2.18 bits per heavy atom. The lowest BCUT2D eigenvalue weighted by Crippen LogP contribution is -2.42. The maximum Gasteiger partial charge on any atom is 0.326 e. The Bertz CT molecular complexity index is 373. The molecule has 2 N–H and O–H groups in total. The van der Waals surface area contributed by atoms with E-state index in [1.807, 2.05) is 31.4 Å². The predicted molar refractivity (Wildman–Crippen MR) is 67.0 cm³/mol. The van der Waals surface area contributed by atoms with Gasteiger partial charge in [0.1, 0.15) is 6.04 Å². The average Bonchev–Trinajstić information content (AvgIpc) is 2.68. The Morgan fingerprint density at radius 3 is 2.65 bits per heavy atom.